The molecule has 4 heteroatoms. The molecule has 0 aromatic carbocycles. The van der Waals surface area contributed by atoms with Gasteiger partial charge in [-0.1, -0.05) is 34.1 Å². The number of aromatic nitrogens is 1. The monoisotopic (exact) mass is 299 g/mol. The molecule has 0 aliphatic carbocycles. The number of halogens is 1. The van der Waals surface area contributed by atoms with Gasteiger partial charge < -0.3 is 10.2 Å². The van der Waals surface area contributed by atoms with Crippen LogP contribution in [0.15, 0.2) is 18.3 Å². The highest BCUT2D eigenvalue weighted by atomic mass is 19.1. The van der Waals surface area contributed by atoms with E-state index in [1.807, 2.05) is 34.6 Å². The molecule has 1 aliphatic rings. The summed E-state index contributed by atoms with van der Waals surface area (Å²) in [6.07, 6.45) is 5.47. The number of piperidine rings is 1. The van der Waals surface area contributed by atoms with Crippen molar-refractivity contribution in [1.29, 1.82) is 0 Å². The normalized spacial score (nSPS) is 13.5. The molecule has 124 valence electrons. The van der Waals surface area contributed by atoms with Gasteiger partial charge in [0.05, 0.1) is 6.20 Å². The first-order valence-electron chi connectivity index (χ1n) is 8.26. The van der Waals surface area contributed by atoms with Gasteiger partial charge in [0.15, 0.2) is 0 Å². The molecule has 1 aromatic rings. The predicted octanol–water partition coefficient (Wildman–Crippen LogP) is 4.81. The lowest BCUT2D eigenvalue weighted by Crippen LogP contribution is -2.24. The molecular weight excluding hydrogens is 265 g/mol. The minimum atomic E-state index is -0.304. The zero-order chi connectivity index (χ0) is 16.5. The third kappa shape index (κ3) is 13.6. The number of hydrogen-bond donors (Lipinski definition) is 1. The van der Waals surface area contributed by atoms with Crippen molar-refractivity contribution in [1.82, 2.24) is 9.88 Å². The highest BCUT2D eigenvalue weighted by Gasteiger charge is 2.02. The quantitative estimate of drug-likeness (QED) is 0.849. The van der Waals surface area contributed by atoms with Crippen LogP contribution in [0, 0.1) is 5.82 Å². The average molecular weight is 299 g/mol. The van der Waals surface area contributed by atoms with Gasteiger partial charge in [-0.3, -0.25) is 0 Å². The SMILES string of the molecule is CC.CC.CCNc1ccc(F)cn1.CN1CCCCC1. The second-order valence-corrected chi connectivity index (χ2v) is 4.26. The number of pyridine rings is 1. The van der Waals surface area contributed by atoms with Crippen LogP contribution in [0.3, 0.4) is 0 Å². The number of nitrogens with one attached hydrogen (secondary N) is 1. The van der Waals surface area contributed by atoms with Crippen LogP contribution in [0.2, 0.25) is 0 Å². The zero-order valence-corrected chi connectivity index (χ0v) is 14.7. The molecule has 1 fully saturated rings. The Kier molecular flexibility index (Phi) is 17.8. The van der Waals surface area contributed by atoms with Crippen molar-refractivity contribution in [2.24, 2.45) is 0 Å². The minimum absolute atomic E-state index is 0.304. The molecule has 1 aromatic heterocycles. The molecule has 0 unspecified atom stereocenters. The zero-order valence-electron chi connectivity index (χ0n) is 14.7. The van der Waals surface area contributed by atoms with Crippen molar-refractivity contribution in [2.75, 3.05) is 32.0 Å². The van der Waals surface area contributed by atoms with Gasteiger partial charge in [0.1, 0.15) is 11.6 Å². The van der Waals surface area contributed by atoms with Crippen LogP contribution in [0.5, 0.6) is 0 Å². The molecule has 0 atom stereocenters. The van der Waals surface area contributed by atoms with Crippen molar-refractivity contribution in [3.63, 3.8) is 0 Å². The third-order valence-electron chi connectivity index (χ3n) is 2.66. The van der Waals surface area contributed by atoms with Crippen molar-refractivity contribution < 1.29 is 4.39 Å². The topological polar surface area (TPSA) is 28.2 Å². The van der Waals surface area contributed by atoms with E-state index in [1.54, 1.807) is 6.07 Å². The maximum atomic E-state index is 12.2. The first kappa shape index (κ1) is 22.1. The number of hydrogen-bond acceptors (Lipinski definition) is 3. The lowest BCUT2D eigenvalue weighted by Gasteiger charge is -2.20. The molecule has 0 amide bonds. The number of likely N-dealkylation sites (tertiary alicyclic amines) is 1. The fraction of sp³-hybridized carbons (Fsp3) is 0.706. The Morgan fingerprint density at radius 2 is 1.67 bits per heavy atom. The van der Waals surface area contributed by atoms with Gasteiger partial charge in [-0.15, -0.1) is 0 Å². The lowest BCUT2D eigenvalue weighted by atomic mass is 10.1. The fourth-order valence-electron chi connectivity index (χ4n) is 1.71. The maximum Gasteiger partial charge on any atom is 0.141 e. The fourth-order valence-corrected chi connectivity index (χ4v) is 1.71. The first-order chi connectivity index (χ1) is 10.2. The maximum absolute atomic E-state index is 12.2. The van der Waals surface area contributed by atoms with Gasteiger partial charge in [-0.2, -0.15) is 0 Å². The summed E-state index contributed by atoms with van der Waals surface area (Å²) in [5.74, 6) is 0.408. The van der Waals surface area contributed by atoms with E-state index in [-0.39, 0.29) is 5.82 Å². The van der Waals surface area contributed by atoms with E-state index < -0.39 is 0 Å². The number of nitrogens with zero attached hydrogens (tertiary/aromatic N) is 2. The second kappa shape index (κ2) is 16.9. The third-order valence-corrected chi connectivity index (χ3v) is 2.66. The largest absolute Gasteiger partial charge is 0.370 e. The Bertz CT molecular complexity index is 295. The Morgan fingerprint density at radius 1 is 1.10 bits per heavy atom. The van der Waals surface area contributed by atoms with E-state index in [0.717, 1.165) is 6.54 Å². The summed E-state index contributed by atoms with van der Waals surface area (Å²) in [5.41, 5.74) is 0. The van der Waals surface area contributed by atoms with Crippen LogP contribution in [-0.4, -0.2) is 36.6 Å². The van der Waals surface area contributed by atoms with Crippen molar-refractivity contribution >= 4 is 5.82 Å². The van der Waals surface area contributed by atoms with E-state index in [2.05, 4.69) is 22.2 Å². The summed E-state index contributed by atoms with van der Waals surface area (Å²) in [7, 11) is 2.19. The van der Waals surface area contributed by atoms with E-state index in [1.165, 1.54) is 44.6 Å². The Morgan fingerprint density at radius 3 is 2.00 bits per heavy atom. The van der Waals surface area contributed by atoms with Crippen molar-refractivity contribution in [2.45, 2.75) is 53.9 Å². The highest BCUT2D eigenvalue weighted by Crippen LogP contribution is 2.04. The molecule has 0 bridgehead atoms. The Labute approximate surface area is 131 Å². The molecule has 3 nitrogen and oxygen atoms in total. The molecule has 0 spiro atoms. The van der Waals surface area contributed by atoms with Gasteiger partial charge in [-0.25, -0.2) is 9.37 Å². The minimum Gasteiger partial charge on any atom is -0.370 e. The average Bonchev–Trinajstić information content (AvgIpc) is 2.55. The van der Waals surface area contributed by atoms with Crippen LogP contribution in [0.1, 0.15) is 53.9 Å². The summed E-state index contributed by atoms with van der Waals surface area (Å²) in [6, 6.07) is 2.99. The highest BCUT2D eigenvalue weighted by molar-refractivity contribution is 5.32. The summed E-state index contributed by atoms with van der Waals surface area (Å²) in [6.45, 7) is 13.4. The molecule has 1 aliphatic heterocycles. The van der Waals surface area contributed by atoms with Gasteiger partial charge >= 0.3 is 0 Å². The molecule has 1 saturated heterocycles. The number of rotatable bonds is 2. The van der Waals surface area contributed by atoms with E-state index in [0.29, 0.717) is 5.82 Å². The standard InChI is InChI=1S/C7H9FN2.C6H13N.2C2H6/c1-2-9-7-4-3-6(8)5-10-7;1-7-5-3-2-4-6-7;2*1-2/h3-5H,2H2,1H3,(H,9,10);2-6H2,1H3;2*1-2H3. The van der Waals surface area contributed by atoms with Gasteiger partial charge in [0.2, 0.25) is 0 Å². The molecule has 0 saturated carbocycles. The van der Waals surface area contributed by atoms with E-state index >= 15 is 0 Å². The second-order valence-electron chi connectivity index (χ2n) is 4.26. The Hall–Kier alpha value is -1.16. The van der Waals surface area contributed by atoms with E-state index in [9.17, 15) is 4.39 Å². The van der Waals surface area contributed by atoms with Crippen LogP contribution in [-0.2, 0) is 0 Å². The van der Waals surface area contributed by atoms with Crippen LogP contribution >= 0.6 is 0 Å². The summed E-state index contributed by atoms with van der Waals surface area (Å²) >= 11 is 0. The lowest BCUT2D eigenvalue weighted by molar-refractivity contribution is 0.277. The molecule has 0 radical (unpaired) electrons. The Balaban J connectivity index is 0. The van der Waals surface area contributed by atoms with Crippen LogP contribution in [0.4, 0.5) is 10.2 Å². The first-order valence-corrected chi connectivity index (χ1v) is 8.26. The van der Waals surface area contributed by atoms with E-state index in [4.69, 9.17) is 0 Å². The van der Waals surface area contributed by atoms with Crippen molar-refractivity contribution in [3.05, 3.63) is 24.1 Å². The van der Waals surface area contributed by atoms with Crippen LogP contribution < -0.4 is 5.32 Å². The molecule has 21 heavy (non-hydrogen) atoms. The predicted molar refractivity (Wildman–Crippen MR) is 92.4 cm³/mol. The van der Waals surface area contributed by atoms with Gasteiger partial charge in [0.25, 0.3) is 0 Å². The van der Waals surface area contributed by atoms with Gasteiger partial charge in [0, 0.05) is 6.54 Å². The molecular formula is C17H34FN3. The van der Waals surface area contributed by atoms with Crippen LogP contribution in [0.25, 0.3) is 0 Å². The summed E-state index contributed by atoms with van der Waals surface area (Å²) < 4.78 is 12.2. The molecule has 2 heterocycles. The molecule has 2 rings (SSSR count). The summed E-state index contributed by atoms with van der Waals surface area (Å²) in [4.78, 5) is 6.17. The van der Waals surface area contributed by atoms with Gasteiger partial charge in [-0.05, 0) is 52.0 Å². The number of anilines is 1. The summed E-state index contributed by atoms with van der Waals surface area (Å²) in [5, 5.41) is 2.96. The smallest absolute Gasteiger partial charge is 0.141 e. The van der Waals surface area contributed by atoms with Crippen molar-refractivity contribution in [3.8, 4) is 0 Å². The molecule has 1 N–H and O–H groups in total.